The minimum atomic E-state index is -0.243. The molecule has 1 fully saturated rings. The van der Waals surface area contributed by atoms with Crippen LogP contribution in [0.4, 0.5) is 5.69 Å². The van der Waals surface area contributed by atoms with E-state index in [-0.39, 0.29) is 6.10 Å². The van der Waals surface area contributed by atoms with Gasteiger partial charge in [0.1, 0.15) is 0 Å². The highest BCUT2D eigenvalue weighted by molar-refractivity contribution is 6.30. The Kier molecular flexibility index (Phi) is 4.26. The molecule has 2 rings (SSSR count). The molecule has 1 aromatic rings. The highest BCUT2D eigenvalue weighted by atomic mass is 35.5. The van der Waals surface area contributed by atoms with Crippen LogP contribution in [-0.2, 0) is 0 Å². The van der Waals surface area contributed by atoms with Crippen molar-refractivity contribution in [1.82, 2.24) is 4.90 Å². The van der Waals surface area contributed by atoms with Crippen molar-refractivity contribution in [3.63, 3.8) is 0 Å². The summed E-state index contributed by atoms with van der Waals surface area (Å²) < 4.78 is 0. The quantitative estimate of drug-likeness (QED) is 0.892. The van der Waals surface area contributed by atoms with Crippen molar-refractivity contribution in [3.8, 4) is 0 Å². The SMILES string of the molecule is C[C@H](O)CN1CCN(c2cccc(Cl)c2)CC1. The number of rotatable bonds is 3. The van der Waals surface area contributed by atoms with Crippen molar-refractivity contribution in [1.29, 1.82) is 0 Å². The van der Waals surface area contributed by atoms with Crippen LogP contribution in [0.25, 0.3) is 0 Å². The Bertz CT molecular complexity index is 362. The second kappa shape index (κ2) is 5.71. The van der Waals surface area contributed by atoms with E-state index in [2.05, 4.69) is 15.9 Å². The number of aliphatic hydroxyl groups is 1. The molecule has 0 aromatic heterocycles. The maximum absolute atomic E-state index is 9.35. The molecule has 1 aromatic carbocycles. The van der Waals surface area contributed by atoms with Crippen LogP contribution < -0.4 is 4.90 Å². The largest absolute Gasteiger partial charge is 0.392 e. The Morgan fingerprint density at radius 2 is 2.00 bits per heavy atom. The molecular weight excluding hydrogens is 236 g/mol. The highest BCUT2D eigenvalue weighted by Gasteiger charge is 2.17. The molecule has 1 aliphatic heterocycles. The molecule has 3 nitrogen and oxygen atoms in total. The third-order valence-corrected chi connectivity index (χ3v) is 3.30. The maximum Gasteiger partial charge on any atom is 0.0639 e. The molecule has 0 bridgehead atoms. The van der Waals surface area contributed by atoms with Gasteiger partial charge >= 0.3 is 0 Å². The van der Waals surface area contributed by atoms with E-state index in [4.69, 9.17) is 11.6 Å². The van der Waals surface area contributed by atoms with Crippen LogP contribution in [-0.4, -0.2) is 48.8 Å². The highest BCUT2D eigenvalue weighted by Crippen LogP contribution is 2.20. The summed E-state index contributed by atoms with van der Waals surface area (Å²) in [6, 6.07) is 7.98. The number of β-amino-alcohol motifs (C(OH)–C–C–N with tert-alkyl or cyclic N) is 1. The molecule has 0 unspecified atom stereocenters. The molecule has 1 heterocycles. The van der Waals surface area contributed by atoms with Crippen LogP contribution in [0.3, 0.4) is 0 Å². The number of aliphatic hydroxyl groups excluding tert-OH is 1. The van der Waals surface area contributed by atoms with Crippen molar-refractivity contribution in [3.05, 3.63) is 29.3 Å². The number of hydrogen-bond donors (Lipinski definition) is 1. The summed E-state index contributed by atoms with van der Waals surface area (Å²) in [6.45, 7) is 6.59. The van der Waals surface area contributed by atoms with E-state index in [1.807, 2.05) is 25.1 Å². The summed E-state index contributed by atoms with van der Waals surface area (Å²) in [7, 11) is 0. The summed E-state index contributed by atoms with van der Waals surface area (Å²) in [5.41, 5.74) is 1.19. The number of nitrogens with zero attached hydrogens (tertiary/aromatic N) is 2. The lowest BCUT2D eigenvalue weighted by Crippen LogP contribution is -2.48. The molecule has 1 aliphatic rings. The average Bonchev–Trinajstić information content (AvgIpc) is 2.29. The number of benzene rings is 1. The Hall–Kier alpha value is -0.770. The van der Waals surface area contributed by atoms with Crippen LogP contribution in [0.5, 0.6) is 0 Å². The normalized spacial score (nSPS) is 19.4. The van der Waals surface area contributed by atoms with Gasteiger partial charge < -0.3 is 10.0 Å². The molecule has 1 atom stereocenters. The van der Waals surface area contributed by atoms with Crippen LogP contribution >= 0.6 is 11.6 Å². The standard InChI is InChI=1S/C13H19ClN2O/c1-11(17)10-15-5-7-16(8-6-15)13-4-2-3-12(14)9-13/h2-4,9,11,17H,5-8,10H2,1H3/t11-/m0/s1. The molecule has 0 aliphatic carbocycles. The van der Waals surface area contributed by atoms with Gasteiger partial charge in [-0.1, -0.05) is 17.7 Å². The zero-order valence-electron chi connectivity index (χ0n) is 10.1. The topological polar surface area (TPSA) is 26.7 Å². The summed E-state index contributed by atoms with van der Waals surface area (Å²) in [6.07, 6.45) is -0.243. The molecule has 0 amide bonds. The number of anilines is 1. The first-order chi connectivity index (χ1) is 8.15. The van der Waals surface area contributed by atoms with Gasteiger partial charge in [0, 0.05) is 43.4 Å². The Labute approximate surface area is 108 Å². The van der Waals surface area contributed by atoms with E-state index in [1.165, 1.54) is 5.69 Å². The Morgan fingerprint density at radius 1 is 1.29 bits per heavy atom. The van der Waals surface area contributed by atoms with Crippen LogP contribution in [0.2, 0.25) is 5.02 Å². The van der Waals surface area contributed by atoms with Gasteiger partial charge in [0.05, 0.1) is 6.10 Å². The van der Waals surface area contributed by atoms with Gasteiger partial charge in [0.25, 0.3) is 0 Å². The first kappa shape index (κ1) is 12.7. The van der Waals surface area contributed by atoms with Gasteiger partial charge in [-0.05, 0) is 25.1 Å². The Morgan fingerprint density at radius 3 is 2.59 bits per heavy atom. The van der Waals surface area contributed by atoms with E-state index < -0.39 is 0 Å². The number of piperazine rings is 1. The Balaban J connectivity index is 1.91. The first-order valence-corrected chi connectivity index (χ1v) is 6.44. The third kappa shape index (κ3) is 3.60. The van der Waals surface area contributed by atoms with Gasteiger partial charge in [0.15, 0.2) is 0 Å². The molecule has 4 heteroatoms. The smallest absolute Gasteiger partial charge is 0.0639 e. The summed E-state index contributed by atoms with van der Waals surface area (Å²) >= 11 is 5.99. The molecular formula is C13H19ClN2O. The molecule has 17 heavy (non-hydrogen) atoms. The van der Waals surface area contributed by atoms with Gasteiger partial charge in [-0.2, -0.15) is 0 Å². The molecule has 0 radical (unpaired) electrons. The van der Waals surface area contributed by atoms with E-state index >= 15 is 0 Å². The fourth-order valence-electron chi connectivity index (χ4n) is 2.24. The monoisotopic (exact) mass is 254 g/mol. The molecule has 0 saturated carbocycles. The lowest BCUT2D eigenvalue weighted by molar-refractivity contribution is 0.123. The first-order valence-electron chi connectivity index (χ1n) is 6.06. The van der Waals surface area contributed by atoms with E-state index in [0.717, 1.165) is 37.7 Å². The van der Waals surface area contributed by atoms with E-state index in [9.17, 15) is 5.11 Å². The minimum Gasteiger partial charge on any atom is -0.392 e. The summed E-state index contributed by atoms with van der Waals surface area (Å²) in [5.74, 6) is 0. The summed E-state index contributed by atoms with van der Waals surface area (Å²) in [4.78, 5) is 4.64. The van der Waals surface area contributed by atoms with Crippen molar-refractivity contribution >= 4 is 17.3 Å². The van der Waals surface area contributed by atoms with Crippen LogP contribution in [0.1, 0.15) is 6.92 Å². The van der Waals surface area contributed by atoms with Crippen molar-refractivity contribution < 1.29 is 5.11 Å². The van der Waals surface area contributed by atoms with Gasteiger partial charge in [-0.15, -0.1) is 0 Å². The van der Waals surface area contributed by atoms with Crippen LogP contribution in [0, 0.1) is 0 Å². The van der Waals surface area contributed by atoms with Gasteiger partial charge in [-0.3, -0.25) is 4.90 Å². The maximum atomic E-state index is 9.35. The average molecular weight is 255 g/mol. The molecule has 0 spiro atoms. The van der Waals surface area contributed by atoms with E-state index in [1.54, 1.807) is 0 Å². The zero-order chi connectivity index (χ0) is 12.3. The molecule has 94 valence electrons. The predicted molar refractivity (Wildman–Crippen MR) is 71.8 cm³/mol. The lowest BCUT2D eigenvalue weighted by Gasteiger charge is -2.36. The van der Waals surface area contributed by atoms with Crippen molar-refractivity contribution in [2.45, 2.75) is 13.0 Å². The fraction of sp³-hybridized carbons (Fsp3) is 0.538. The lowest BCUT2D eigenvalue weighted by atomic mass is 10.2. The molecule has 1 saturated heterocycles. The molecule has 1 N–H and O–H groups in total. The third-order valence-electron chi connectivity index (χ3n) is 3.07. The van der Waals surface area contributed by atoms with Crippen molar-refractivity contribution in [2.24, 2.45) is 0 Å². The second-order valence-corrected chi connectivity index (χ2v) is 5.05. The predicted octanol–water partition coefficient (Wildman–Crippen LogP) is 1.84. The van der Waals surface area contributed by atoms with Crippen molar-refractivity contribution in [2.75, 3.05) is 37.6 Å². The fourth-order valence-corrected chi connectivity index (χ4v) is 2.42. The van der Waals surface area contributed by atoms with Gasteiger partial charge in [-0.25, -0.2) is 0 Å². The van der Waals surface area contributed by atoms with Gasteiger partial charge in [0.2, 0.25) is 0 Å². The van der Waals surface area contributed by atoms with E-state index in [0.29, 0.717) is 0 Å². The van der Waals surface area contributed by atoms with Crippen LogP contribution in [0.15, 0.2) is 24.3 Å². The number of halogens is 1. The number of hydrogen-bond acceptors (Lipinski definition) is 3. The summed E-state index contributed by atoms with van der Waals surface area (Å²) in [5, 5.41) is 10.1. The zero-order valence-corrected chi connectivity index (χ0v) is 10.9. The minimum absolute atomic E-state index is 0.243. The second-order valence-electron chi connectivity index (χ2n) is 4.62.